The van der Waals surface area contributed by atoms with Gasteiger partial charge in [-0.15, -0.1) is 0 Å². The molecule has 9 atom stereocenters. The largest absolute Gasteiger partial charge is 0.456 e. The second kappa shape index (κ2) is 9.09. The fraction of sp³-hybridized carbons (Fsp3) is 0.781. The van der Waals surface area contributed by atoms with Gasteiger partial charge in [-0.1, -0.05) is 46.3 Å². The highest BCUT2D eigenvalue weighted by atomic mass is 16.6. The molecule has 0 spiro atoms. The number of aliphatic hydroxyl groups is 3. The second-order valence-corrected chi connectivity index (χ2v) is 14.9. The number of carbonyl (C=O) groups is 3. The Morgan fingerprint density at radius 3 is 2.26 bits per heavy atom. The number of hydrogen-bond acceptors (Lipinski definition) is 7. The maximum Gasteiger partial charge on any atom is 0.303 e. The molecule has 218 valence electrons. The van der Waals surface area contributed by atoms with Crippen molar-refractivity contribution in [3.63, 3.8) is 0 Å². The van der Waals surface area contributed by atoms with Crippen molar-refractivity contribution in [3.05, 3.63) is 23.8 Å². The van der Waals surface area contributed by atoms with Crippen LogP contribution < -0.4 is 0 Å². The van der Waals surface area contributed by atoms with Crippen molar-refractivity contribution in [1.82, 2.24) is 0 Å². The number of ether oxygens (including phenoxy) is 1. The van der Waals surface area contributed by atoms with E-state index in [0.29, 0.717) is 19.3 Å². The lowest BCUT2D eigenvalue weighted by atomic mass is 9.39. The SMILES string of the molecule is CC(=O)OC(C)(C)C=CC(=O)C(C)(O)C1C(O)CC2(C)C3CC=C4C(CC(=O)C(O)C4(C)C)C3(C)CCC12C. The van der Waals surface area contributed by atoms with E-state index in [1.165, 1.54) is 31.6 Å². The molecule has 4 aliphatic carbocycles. The Kier molecular flexibility index (Phi) is 7.02. The van der Waals surface area contributed by atoms with Crippen LogP contribution in [0.2, 0.25) is 0 Å². The normalized spacial score (nSPS) is 43.1. The van der Waals surface area contributed by atoms with Gasteiger partial charge in [-0.25, -0.2) is 0 Å². The minimum Gasteiger partial charge on any atom is -0.456 e. The van der Waals surface area contributed by atoms with Crippen molar-refractivity contribution < 1.29 is 34.4 Å². The number of fused-ring (bicyclic) bond motifs is 5. The van der Waals surface area contributed by atoms with Crippen LogP contribution in [0.3, 0.4) is 0 Å². The van der Waals surface area contributed by atoms with E-state index in [9.17, 15) is 29.7 Å². The third-order valence-corrected chi connectivity index (χ3v) is 11.8. The zero-order valence-corrected chi connectivity index (χ0v) is 25.1. The Hall–Kier alpha value is -1.83. The zero-order valence-electron chi connectivity index (χ0n) is 25.1. The molecule has 9 unspecified atom stereocenters. The predicted molar refractivity (Wildman–Crippen MR) is 147 cm³/mol. The van der Waals surface area contributed by atoms with E-state index in [4.69, 9.17) is 4.74 Å². The molecule has 0 aromatic heterocycles. The molecule has 0 heterocycles. The highest BCUT2D eigenvalue weighted by molar-refractivity contribution is 5.97. The topological polar surface area (TPSA) is 121 Å². The predicted octanol–water partition coefficient (Wildman–Crippen LogP) is 4.32. The van der Waals surface area contributed by atoms with Gasteiger partial charge in [0.25, 0.3) is 0 Å². The van der Waals surface area contributed by atoms with E-state index in [0.717, 1.165) is 12.8 Å². The Morgan fingerprint density at radius 2 is 1.67 bits per heavy atom. The van der Waals surface area contributed by atoms with Crippen LogP contribution in [0.4, 0.5) is 0 Å². The summed E-state index contributed by atoms with van der Waals surface area (Å²) in [5.41, 5.74) is -3.42. The molecule has 3 N–H and O–H groups in total. The van der Waals surface area contributed by atoms with Crippen molar-refractivity contribution in [2.45, 2.75) is 118 Å². The van der Waals surface area contributed by atoms with Crippen molar-refractivity contribution >= 4 is 17.5 Å². The number of esters is 1. The fourth-order valence-corrected chi connectivity index (χ4v) is 9.59. The molecule has 0 radical (unpaired) electrons. The van der Waals surface area contributed by atoms with Crippen LogP contribution in [0.25, 0.3) is 0 Å². The van der Waals surface area contributed by atoms with Gasteiger partial charge in [0.05, 0.1) is 6.10 Å². The maximum absolute atomic E-state index is 13.5. The summed E-state index contributed by atoms with van der Waals surface area (Å²) in [5, 5.41) is 34.0. The number of rotatable bonds is 5. The number of allylic oxidation sites excluding steroid dienone is 1. The molecule has 3 saturated carbocycles. The Labute approximate surface area is 233 Å². The van der Waals surface area contributed by atoms with Crippen molar-refractivity contribution in [1.29, 1.82) is 0 Å². The molecule has 4 rings (SSSR count). The fourth-order valence-electron chi connectivity index (χ4n) is 9.59. The number of Topliss-reactive ketones (excluding diaryl/α,β-unsaturated/α-hetero) is 1. The number of hydrogen-bond donors (Lipinski definition) is 3. The first-order valence-corrected chi connectivity index (χ1v) is 14.4. The Bertz CT molecular complexity index is 1130. The van der Waals surface area contributed by atoms with Gasteiger partial charge >= 0.3 is 5.97 Å². The standard InChI is InChI=1S/C32H48O7/c1-18(33)39-27(2,3)13-12-24(36)32(9,38)25-22(35)17-31(8)23-11-10-19-20(16-21(34)26(37)28(19,4)5)29(23,6)14-15-30(25,31)7/h10,12-13,20,22-23,25-26,35,37-38H,11,14-17H2,1-9H3. The van der Waals surface area contributed by atoms with Gasteiger partial charge in [-0.05, 0) is 86.7 Å². The maximum atomic E-state index is 13.5. The molecule has 3 fully saturated rings. The van der Waals surface area contributed by atoms with E-state index >= 15 is 0 Å². The van der Waals surface area contributed by atoms with Crippen LogP contribution in [0.5, 0.6) is 0 Å². The summed E-state index contributed by atoms with van der Waals surface area (Å²) in [5.74, 6) is -1.63. The molecule has 0 aliphatic heterocycles. The highest BCUT2D eigenvalue weighted by Gasteiger charge is 2.72. The van der Waals surface area contributed by atoms with Crippen LogP contribution in [0.1, 0.15) is 94.4 Å². The molecular formula is C32H48O7. The summed E-state index contributed by atoms with van der Waals surface area (Å²) in [6.45, 7) is 16.6. The quantitative estimate of drug-likeness (QED) is 0.268. The summed E-state index contributed by atoms with van der Waals surface area (Å²) in [6.07, 6.45) is 6.15. The van der Waals surface area contributed by atoms with Gasteiger partial charge in [0.2, 0.25) is 0 Å². The average molecular weight is 545 g/mol. The minimum absolute atomic E-state index is 0.0216. The first kappa shape index (κ1) is 30.1. The van der Waals surface area contributed by atoms with Crippen LogP contribution in [-0.4, -0.2) is 56.3 Å². The molecule has 0 bridgehead atoms. The van der Waals surface area contributed by atoms with Gasteiger partial charge in [0.1, 0.15) is 17.3 Å². The van der Waals surface area contributed by atoms with Gasteiger partial charge in [0, 0.05) is 24.7 Å². The smallest absolute Gasteiger partial charge is 0.303 e. The number of ketones is 2. The van der Waals surface area contributed by atoms with Gasteiger partial charge < -0.3 is 20.1 Å². The van der Waals surface area contributed by atoms with Crippen molar-refractivity contribution in [3.8, 4) is 0 Å². The lowest BCUT2D eigenvalue weighted by molar-refractivity contribution is -0.176. The molecule has 7 nitrogen and oxygen atoms in total. The third kappa shape index (κ3) is 4.29. The molecule has 0 amide bonds. The summed E-state index contributed by atoms with van der Waals surface area (Å²) in [7, 11) is 0. The molecular weight excluding hydrogens is 496 g/mol. The second-order valence-electron chi connectivity index (χ2n) is 14.9. The summed E-state index contributed by atoms with van der Waals surface area (Å²) in [6, 6.07) is 0. The molecule has 0 saturated heterocycles. The van der Waals surface area contributed by atoms with E-state index < -0.39 is 51.9 Å². The first-order chi connectivity index (χ1) is 17.6. The van der Waals surface area contributed by atoms with Crippen LogP contribution in [0, 0.1) is 39.4 Å². The third-order valence-electron chi connectivity index (χ3n) is 11.8. The lowest BCUT2D eigenvalue weighted by Gasteiger charge is -2.65. The van der Waals surface area contributed by atoms with Crippen LogP contribution >= 0.6 is 0 Å². The van der Waals surface area contributed by atoms with Crippen molar-refractivity contribution in [2.75, 3.05) is 0 Å². The first-order valence-electron chi connectivity index (χ1n) is 14.4. The van der Waals surface area contributed by atoms with Crippen LogP contribution in [-0.2, 0) is 19.1 Å². The molecule has 4 aliphatic rings. The summed E-state index contributed by atoms with van der Waals surface area (Å²) < 4.78 is 5.26. The van der Waals surface area contributed by atoms with E-state index in [2.05, 4.69) is 26.8 Å². The van der Waals surface area contributed by atoms with Crippen LogP contribution in [0.15, 0.2) is 23.8 Å². The molecule has 7 heteroatoms. The lowest BCUT2D eigenvalue weighted by Crippen LogP contribution is -2.62. The molecule has 0 aromatic rings. The van der Waals surface area contributed by atoms with Gasteiger partial charge in [-0.3, -0.25) is 14.4 Å². The number of carbonyl (C=O) groups excluding carboxylic acids is 3. The highest BCUT2D eigenvalue weighted by Crippen LogP contribution is 2.75. The Balaban J connectivity index is 1.70. The van der Waals surface area contributed by atoms with E-state index in [1.807, 2.05) is 13.8 Å². The van der Waals surface area contributed by atoms with E-state index in [-0.39, 0.29) is 28.4 Å². The Morgan fingerprint density at radius 1 is 1.05 bits per heavy atom. The molecule has 39 heavy (non-hydrogen) atoms. The zero-order chi connectivity index (χ0) is 29.6. The monoisotopic (exact) mass is 544 g/mol. The van der Waals surface area contributed by atoms with Gasteiger partial charge in [0.15, 0.2) is 11.6 Å². The minimum atomic E-state index is -1.83. The van der Waals surface area contributed by atoms with Crippen molar-refractivity contribution in [2.24, 2.45) is 39.4 Å². The van der Waals surface area contributed by atoms with E-state index in [1.54, 1.807) is 13.8 Å². The average Bonchev–Trinajstić information content (AvgIpc) is 3.01. The summed E-state index contributed by atoms with van der Waals surface area (Å²) in [4.78, 5) is 37.8. The molecule has 0 aromatic carbocycles. The van der Waals surface area contributed by atoms with Gasteiger partial charge in [-0.2, -0.15) is 0 Å². The number of aliphatic hydroxyl groups excluding tert-OH is 2. The summed E-state index contributed by atoms with van der Waals surface area (Å²) >= 11 is 0.